The SMILES string of the molecule is C#CC(N=C(/C(=C\C)C1CC1)c1cn2c3c(cccc13)CCC2)Nc1cc(NC(=O)C=C)c(N(C)CCN(C)C)cc1NC. The summed E-state index contributed by atoms with van der Waals surface area (Å²) in [4.78, 5) is 22.0. The number of aryl methyl sites for hydroxylation is 2. The Morgan fingerprint density at radius 3 is 2.66 bits per heavy atom. The summed E-state index contributed by atoms with van der Waals surface area (Å²) in [5.74, 6) is 3.11. The number of para-hydroxylation sites is 1. The molecular weight excluding hydrogens is 546 g/mol. The summed E-state index contributed by atoms with van der Waals surface area (Å²) in [5.41, 5.74) is 9.20. The number of aliphatic imine (C=N–C) groups is 1. The molecule has 1 aliphatic heterocycles. The lowest BCUT2D eigenvalue weighted by Gasteiger charge is -2.26. The van der Waals surface area contributed by atoms with Crippen LogP contribution in [0, 0.1) is 18.3 Å². The van der Waals surface area contributed by atoms with Gasteiger partial charge < -0.3 is 30.3 Å². The highest BCUT2D eigenvalue weighted by Crippen LogP contribution is 2.41. The fraction of sp³-hybridized carbons (Fsp3) is 0.389. The standard InChI is InChI=1S/C36H45N7O/c1-8-26(24-16-17-24)35(28-23-43-18-12-14-25-13-11-15-27(28)36(25)43)40-33(9-2)38-30-21-31(39-34(44)10-3)32(22-29(30)37-4)42(7)20-19-41(5)6/h2,8,10-11,13,15,21-24,33,37-38H,3,12,14,16-20H2,1,4-7H3,(H,39,44)/b26-8-,40-35?. The van der Waals surface area contributed by atoms with E-state index in [9.17, 15) is 4.79 Å². The van der Waals surface area contributed by atoms with Gasteiger partial charge in [0, 0.05) is 50.9 Å². The quantitative estimate of drug-likeness (QED) is 0.130. The van der Waals surface area contributed by atoms with E-state index in [1.807, 2.05) is 40.3 Å². The van der Waals surface area contributed by atoms with E-state index in [-0.39, 0.29) is 5.91 Å². The molecule has 1 aliphatic carbocycles. The Morgan fingerprint density at radius 1 is 1.20 bits per heavy atom. The third kappa shape index (κ3) is 6.53. The van der Waals surface area contributed by atoms with Crippen molar-refractivity contribution in [3.05, 3.63) is 72.0 Å². The highest BCUT2D eigenvalue weighted by Gasteiger charge is 2.31. The average molecular weight is 592 g/mol. The topological polar surface area (TPSA) is 76.9 Å². The van der Waals surface area contributed by atoms with Gasteiger partial charge in [0.05, 0.1) is 34.0 Å². The molecule has 230 valence electrons. The molecule has 0 radical (unpaired) electrons. The molecule has 44 heavy (non-hydrogen) atoms. The lowest BCUT2D eigenvalue weighted by atomic mass is 9.96. The van der Waals surface area contributed by atoms with Crippen molar-refractivity contribution in [3.8, 4) is 12.3 Å². The number of nitrogens with zero attached hydrogens (tertiary/aromatic N) is 4. The highest BCUT2D eigenvalue weighted by atomic mass is 16.1. The number of nitrogens with one attached hydrogen (secondary N) is 3. The predicted octanol–water partition coefficient (Wildman–Crippen LogP) is 5.97. The van der Waals surface area contributed by atoms with Gasteiger partial charge in [0.2, 0.25) is 5.91 Å². The molecule has 2 aromatic carbocycles. The summed E-state index contributed by atoms with van der Waals surface area (Å²) in [6.07, 6.45) is 15.8. The molecule has 1 amide bonds. The van der Waals surface area contributed by atoms with Gasteiger partial charge in [-0.15, -0.1) is 6.42 Å². The minimum Gasteiger partial charge on any atom is -0.386 e. The lowest BCUT2D eigenvalue weighted by molar-refractivity contribution is -0.111. The van der Waals surface area contributed by atoms with Crippen LogP contribution in [0.3, 0.4) is 0 Å². The van der Waals surface area contributed by atoms with Crippen molar-refractivity contribution in [2.75, 3.05) is 62.1 Å². The van der Waals surface area contributed by atoms with Crippen molar-refractivity contribution in [1.29, 1.82) is 0 Å². The van der Waals surface area contributed by atoms with E-state index in [0.717, 1.165) is 73.7 Å². The largest absolute Gasteiger partial charge is 0.386 e. The Bertz CT molecular complexity index is 1650. The average Bonchev–Trinajstić information content (AvgIpc) is 3.80. The van der Waals surface area contributed by atoms with E-state index in [1.54, 1.807) is 0 Å². The minimum absolute atomic E-state index is 0.278. The van der Waals surface area contributed by atoms with Crippen molar-refractivity contribution < 1.29 is 4.79 Å². The number of likely N-dealkylation sites (N-methyl/N-ethyl adjacent to an activating group) is 2. The number of amides is 1. The summed E-state index contributed by atoms with van der Waals surface area (Å²) >= 11 is 0. The van der Waals surface area contributed by atoms with Gasteiger partial charge in [0.15, 0.2) is 6.17 Å². The van der Waals surface area contributed by atoms with Gasteiger partial charge in [0.25, 0.3) is 0 Å². The molecule has 2 heterocycles. The monoisotopic (exact) mass is 591 g/mol. The summed E-state index contributed by atoms with van der Waals surface area (Å²) in [5, 5.41) is 11.0. The van der Waals surface area contributed by atoms with E-state index >= 15 is 0 Å². The summed E-state index contributed by atoms with van der Waals surface area (Å²) in [6, 6.07) is 10.6. The number of allylic oxidation sites excluding steroid dienone is 2. The van der Waals surface area contributed by atoms with Crippen molar-refractivity contribution in [2.24, 2.45) is 10.9 Å². The zero-order valence-electron chi connectivity index (χ0n) is 26.7. The van der Waals surface area contributed by atoms with Crippen LogP contribution in [-0.4, -0.2) is 68.5 Å². The van der Waals surface area contributed by atoms with Crippen molar-refractivity contribution in [1.82, 2.24) is 9.47 Å². The van der Waals surface area contributed by atoms with Gasteiger partial charge in [-0.1, -0.05) is 36.8 Å². The van der Waals surface area contributed by atoms with Crippen molar-refractivity contribution in [3.63, 3.8) is 0 Å². The number of aromatic nitrogens is 1. The Morgan fingerprint density at radius 2 is 2.00 bits per heavy atom. The fourth-order valence-corrected chi connectivity index (χ4v) is 6.08. The van der Waals surface area contributed by atoms with Crippen molar-refractivity contribution >= 4 is 45.3 Å². The number of anilines is 4. The first-order valence-corrected chi connectivity index (χ1v) is 15.5. The van der Waals surface area contributed by atoms with E-state index in [1.165, 1.54) is 28.1 Å². The third-order valence-corrected chi connectivity index (χ3v) is 8.53. The van der Waals surface area contributed by atoms with E-state index in [0.29, 0.717) is 11.6 Å². The van der Waals surface area contributed by atoms with E-state index in [2.05, 4.69) is 80.2 Å². The maximum Gasteiger partial charge on any atom is 0.247 e. The normalized spacial score (nSPS) is 15.6. The molecular formula is C36H45N7O. The van der Waals surface area contributed by atoms with Crippen LogP contribution < -0.4 is 20.9 Å². The molecule has 3 aromatic rings. The predicted molar refractivity (Wildman–Crippen MR) is 186 cm³/mol. The van der Waals surface area contributed by atoms with Gasteiger partial charge in [-0.2, -0.15) is 0 Å². The third-order valence-electron chi connectivity index (χ3n) is 8.53. The number of terminal acetylenes is 1. The van der Waals surface area contributed by atoms with E-state index in [4.69, 9.17) is 11.4 Å². The second-order valence-corrected chi connectivity index (χ2v) is 11.9. The number of rotatable bonds is 13. The van der Waals surface area contributed by atoms with E-state index < -0.39 is 6.17 Å². The molecule has 0 bridgehead atoms. The Balaban J connectivity index is 1.57. The van der Waals surface area contributed by atoms with Gasteiger partial charge in [-0.3, -0.25) is 4.79 Å². The summed E-state index contributed by atoms with van der Waals surface area (Å²) < 4.78 is 2.39. The number of carbonyl (C=O) groups is 1. The first-order chi connectivity index (χ1) is 21.3. The molecule has 1 fully saturated rings. The zero-order chi connectivity index (χ0) is 31.4. The van der Waals surface area contributed by atoms with Gasteiger partial charge in [-0.05, 0) is 82.0 Å². The molecule has 0 saturated heterocycles. The van der Waals surface area contributed by atoms with Crippen LogP contribution in [0.25, 0.3) is 10.9 Å². The van der Waals surface area contributed by atoms with Gasteiger partial charge in [0.1, 0.15) is 0 Å². The highest BCUT2D eigenvalue weighted by molar-refractivity contribution is 6.20. The molecule has 8 heteroatoms. The van der Waals surface area contributed by atoms with Gasteiger partial charge >= 0.3 is 0 Å². The number of hydrogen-bond acceptors (Lipinski definition) is 6. The lowest BCUT2D eigenvalue weighted by Crippen LogP contribution is -2.29. The second kappa shape index (κ2) is 13.4. The second-order valence-electron chi connectivity index (χ2n) is 11.9. The van der Waals surface area contributed by atoms with Crippen LogP contribution in [-0.2, 0) is 17.8 Å². The molecule has 5 rings (SSSR count). The molecule has 2 aliphatic rings. The van der Waals surface area contributed by atoms with Crippen molar-refractivity contribution in [2.45, 2.75) is 45.3 Å². The molecule has 1 aromatic heterocycles. The molecule has 1 unspecified atom stereocenters. The molecule has 1 saturated carbocycles. The molecule has 3 N–H and O–H groups in total. The Hall–Kier alpha value is -4.48. The first kappa shape index (κ1) is 31.0. The molecule has 8 nitrogen and oxygen atoms in total. The van der Waals surface area contributed by atoms with Crippen LogP contribution in [0.4, 0.5) is 22.7 Å². The molecule has 0 spiro atoms. The van der Waals surface area contributed by atoms with Crippen LogP contribution in [0.1, 0.15) is 37.3 Å². The Kier molecular flexibility index (Phi) is 9.46. The van der Waals surface area contributed by atoms with Crippen LogP contribution in [0.15, 0.2) is 65.8 Å². The smallest absolute Gasteiger partial charge is 0.247 e. The first-order valence-electron chi connectivity index (χ1n) is 15.5. The maximum atomic E-state index is 12.5. The molecule has 1 atom stereocenters. The number of carbonyl (C=O) groups excluding carboxylic acids is 1. The van der Waals surface area contributed by atoms with Crippen LogP contribution >= 0.6 is 0 Å². The van der Waals surface area contributed by atoms with Crippen LogP contribution in [0.2, 0.25) is 0 Å². The minimum atomic E-state index is -0.641. The van der Waals surface area contributed by atoms with Gasteiger partial charge in [-0.25, -0.2) is 4.99 Å². The number of benzene rings is 2. The summed E-state index contributed by atoms with van der Waals surface area (Å²) in [7, 11) is 7.99. The Labute approximate surface area is 261 Å². The zero-order valence-corrected chi connectivity index (χ0v) is 26.7. The maximum absolute atomic E-state index is 12.5. The van der Waals surface area contributed by atoms with Crippen LogP contribution in [0.5, 0.6) is 0 Å². The summed E-state index contributed by atoms with van der Waals surface area (Å²) in [6.45, 7) is 8.39. The number of hydrogen-bond donors (Lipinski definition) is 3. The fourth-order valence-electron chi connectivity index (χ4n) is 6.08.